The van der Waals surface area contributed by atoms with Crippen molar-refractivity contribution in [2.75, 3.05) is 13.1 Å². The molecule has 3 N–H and O–H groups in total. The van der Waals surface area contributed by atoms with Crippen LogP contribution in [0.25, 0.3) is 0 Å². The highest BCUT2D eigenvalue weighted by Gasteiger charge is 2.15. The van der Waals surface area contributed by atoms with Crippen LogP contribution in [-0.2, 0) is 0 Å². The van der Waals surface area contributed by atoms with E-state index in [1.54, 1.807) is 0 Å². The fourth-order valence-electron chi connectivity index (χ4n) is 0.733. The second-order valence-electron chi connectivity index (χ2n) is 2.13. The molecule has 1 amide bonds. The van der Waals surface area contributed by atoms with Crippen LogP contribution in [0.15, 0.2) is 0 Å². The van der Waals surface area contributed by atoms with Crippen LogP contribution in [0.1, 0.15) is 6.42 Å². The molecule has 0 aromatic heterocycles. The fraction of sp³-hybridized carbons (Fsp3) is 0.800. The Morgan fingerprint density at radius 3 is 2.89 bits per heavy atom. The number of carboxylic acid groups (broad SMARTS) is 1. The van der Waals surface area contributed by atoms with Crippen molar-refractivity contribution < 1.29 is 9.90 Å². The second-order valence-corrected chi connectivity index (χ2v) is 2.13. The lowest BCUT2D eigenvalue weighted by atomic mass is 10.1. The van der Waals surface area contributed by atoms with E-state index >= 15 is 0 Å². The monoisotopic (exact) mass is 130 g/mol. The second kappa shape index (κ2) is 2.68. The van der Waals surface area contributed by atoms with E-state index in [2.05, 4.69) is 10.6 Å². The molecule has 1 aliphatic heterocycles. The van der Waals surface area contributed by atoms with E-state index in [4.69, 9.17) is 5.11 Å². The third-order valence-corrected chi connectivity index (χ3v) is 1.43. The van der Waals surface area contributed by atoms with Gasteiger partial charge in [0.1, 0.15) is 0 Å². The molecule has 0 bridgehead atoms. The first-order valence-corrected chi connectivity index (χ1v) is 2.99. The third kappa shape index (κ3) is 1.89. The first-order valence-electron chi connectivity index (χ1n) is 2.99. The molecule has 0 saturated carbocycles. The predicted molar refractivity (Wildman–Crippen MR) is 32.4 cm³/mol. The van der Waals surface area contributed by atoms with E-state index in [1.807, 2.05) is 0 Å². The molecule has 1 saturated heterocycles. The molecule has 1 unspecified atom stereocenters. The Kier molecular flexibility index (Phi) is 1.89. The minimum absolute atomic E-state index is 0.376. The Labute approximate surface area is 53.2 Å². The maximum Gasteiger partial charge on any atom is 0.404 e. The molecular weight excluding hydrogens is 120 g/mol. The van der Waals surface area contributed by atoms with E-state index in [-0.39, 0.29) is 0 Å². The van der Waals surface area contributed by atoms with Gasteiger partial charge in [0.25, 0.3) is 0 Å². The summed E-state index contributed by atoms with van der Waals surface area (Å²) in [6.07, 6.45) is 0.143. The predicted octanol–water partition coefficient (Wildman–Crippen LogP) is -0.384. The molecular formula is C5H10N2O2. The van der Waals surface area contributed by atoms with Crippen molar-refractivity contribution >= 4 is 6.09 Å². The summed E-state index contributed by atoms with van der Waals surface area (Å²) in [4.78, 5) is 9.90. The lowest BCUT2D eigenvalue weighted by Crippen LogP contribution is -2.49. The van der Waals surface area contributed by atoms with Gasteiger partial charge in [-0.15, -0.1) is 0 Å². The molecule has 0 spiro atoms. The molecule has 0 aromatic rings. The van der Waals surface area contributed by atoms with Crippen LogP contribution in [-0.4, -0.2) is 30.3 Å². The normalized spacial score (nSPS) is 24.7. The van der Waals surface area contributed by atoms with Gasteiger partial charge in [-0.2, -0.15) is 0 Å². The first-order chi connectivity index (χ1) is 4.29. The third-order valence-electron chi connectivity index (χ3n) is 1.43. The Balaban J connectivity index is 1.97. The van der Waals surface area contributed by atoms with Gasteiger partial charge in [0.15, 0.2) is 0 Å². The number of hydrogen-bond acceptors (Lipinski definition) is 2. The van der Waals surface area contributed by atoms with Crippen molar-refractivity contribution in [3.8, 4) is 0 Å². The van der Waals surface area contributed by atoms with E-state index in [9.17, 15) is 4.79 Å². The van der Waals surface area contributed by atoms with Crippen LogP contribution in [0.2, 0.25) is 0 Å². The standard InChI is InChI=1S/C5H10N2O2/c8-5(9)7-3-4-1-2-6-4/h4,6-7H,1-3H2,(H,8,9). The highest BCUT2D eigenvalue weighted by atomic mass is 16.4. The van der Waals surface area contributed by atoms with E-state index < -0.39 is 6.09 Å². The van der Waals surface area contributed by atoms with Crippen molar-refractivity contribution in [2.45, 2.75) is 12.5 Å². The topological polar surface area (TPSA) is 61.4 Å². The number of amides is 1. The Morgan fingerprint density at radius 1 is 1.89 bits per heavy atom. The number of nitrogens with one attached hydrogen (secondary N) is 2. The quantitative estimate of drug-likeness (QED) is 0.477. The van der Waals surface area contributed by atoms with Crippen molar-refractivity contribution in [1.29, 1.82) is 0 Å². The molecule has 0 aliphatic carbocycles. The minimum Gasteiger partial charge on any atom is -0.465 e. The van der Waals surface area contributed by atoms with Crippen molar-refractivity contribution in [1.82, 2.24) is 10.6 Å². The summed E-state index contributed by atoms with van der Waals surface area (Å²) in [5.74, 6) is 0. The maximum absolute atomic E-state index is 9.90. The van der Waals surface area contributed by atoms with Crippen LogP contribution in [0.5, 0.6) is 0 Å². The molecule has 4 heteroatoms. The van der Waals surface area contributed by atoms with Crippen LogP contribution in [0, 0.1) is 0 Å². The molecule has 1 heterocycles. The van der Waals surface area contributed by atoms with Gasteiger partial charge in [-0.25, -0.2) is 4.79 Å². The van der Waals surface area contributed by atoms with Crippen molar-refractivity contribution in [2.24, 2.45) is 0 Å². The van der Waals surface area contributed by atoms with Gasteiger partial charge in [0.05, 0.1) is 0 Å². The molecule has 0 aromatic carbocycles. The lowest BCUT2D eigenvalue weighted by Gasteiger charge is -2.26. The molecule has 52 valence electrons. The van der Waals surface area contributed by atoms with Crippen molar-refractivity contribution in [3.63, 3.8) is 0 Å². The summed E-state index contributed by atoms with van der Waals surface area (Å²) in [5.41, 5.74) is 0. The number of hydrogen-bond donors (Lipinski definition) is 3. The van der Waals surface area contributed by atoms with E-state index in [1.165, 1.54) is 0 Å². The Morgan fingerprint density at radius 2 is 2.56 bits per heavy atom. The summed E-state index contributed by atoms with van der Waals surface area (Å²) < 4.78 is 0. The molecule has 0 radical (unpaired) electrons. The van der Waals surface area contributed by atoms with E-state index in [0.29, 0.717) is 12.6 Å². The van der Waals surface area contributed by atoms with Gasteiger partial charge in [-0.3, -0.25) is 0 Å². The average molecular weight is 130 g/mol. The SMILES string of the molecule is O=C(O)NCC1CCN1. The van der Waals surface area contributed by atoms with Crippen LogP contribution in [0.4, 0.5) is 4.79 Å². The highest BCUT2D eigenvalue weighted by molar-refractivity contribution is 5.64. The first kappa shape index (κ1) is 6.35. The van der Waals surface area contributed by atoms with Gasteiger partial charge >= 0.3 is 6.09 Å². The van der Waals surface area contributed by atoms with Gasteiger partial charge in [0.2, 0.25) is 0 Å². The van der Waals surface area contributed by atoms with Gasteiger partial charge in [-0.05, 0) is 13.0 Å². The van der Waals surface area contributed by atoms with Crippen molar-refractivity contribution in [3.05, 3.63) is 0 Å². The summed E-state index contributed by atoms with van der Waals surface area (Å²) in [7, 11) is 0. The van der Waals surface area contributed by atoms with Gasteiger partial charge in [0, 0.05) is 12.6 Å². The van der Waals surface area contributed by atoms with E-state index in [0.717, 1.165) is 13.0 Å². The number of rotatable bonds is 2. The zero-order chi connectivity index (χ0) is 6.69. The van der Waals surface area contributed by atoms with Crippen LogP contribution in [0.3, 0.4) is 0 Å². The van der Waals surface area contributed by atoms with Crippen LogP contribution < -0.4 is 10.6 Å². The number of carbonyl (C=O) groups is 1. The Bertz CT molecular complexity index is 112. The smallest absolute Gasteiger partial charge is 0.404 e. The maximum atomic E-state index is 9.90. The summed E-state index contributed by atoms with van der Waals surface area (Å²) in [6.45, 7) is 1.56. The zero-order valence-electron chi connectivity index (χ0n) is 5.05. The molecule has 1 aliphatic rings. The Hall–Kier alpha value is -0.770. The molecule has 9 heavy (non-hydrogen) atoms. The van der Waals surface area contributed by atoms with Gasteiger partial charge < -0.3 is 15.7 Å². The largest absolute Gasteiger partial charge is 0.465 e. The molecule has 1 fully saturated rings. The summed E-state index contributed by atoms with van der Waals surface area (Å²) >= 11 is 0. The molecule has 4 nitrogen and oxygen atoms in total. The summed E-state index contributed by atoms with van der Waals surface area (Å²) in [6, 6.07) is 0.376. The molecule has 1 rings (SSSR count). The van der Waals surface area contributed by atoms with Crippen LogP contribution >= 0.6 is 0 Å². The van der Waals surface area contributed by atoms with Gasteiger partial charge in [-0.1, -0.05) is 0 Å². The highest BCUT2D eigenvalue weighted by Crippen LogP contribution is 1.98. The average Bonchev–Trinajstić information content (AvgIpc) is 1.60. The summed E-state index contributed by atoms with van der Waals surface area (Å²) in [5, 5.41) is 13.5. The molecule has 1 atom stereocenters. The lowest BCUT2D eigenvalue weighted by molar-refractivity contribution is 0.191. The fourth-order valence-corrected chi connectivity index (χ4v) is 0.733. The zero-order valence-corrected chi connectivity index (χ0v) is 5.05. The minimum atomic E-state index is -0.941.